The van der Waals surface area contributed by atoms with Gasteiger partial charge in [-0.15, -0.1) is 0 Å². The Balaban J connectivity index is 2.07. The Labute approximate surface area is 117 Å². The smallest absolute Gasteiger partial charge is 0.417 e. The first-order valence-electron chi connectivity index (χ1n) is 6.08. The van der Waals surface area contributed by atoms with E-state index < -0.39 is 6.09 Å². The molecule has 0 aromatic heterocycles. The molecule has 0 aliphatic carbocycles. The highest BCUT2D eigenvalue weighted by atomic mass is 16.6. The van der Waals surface area contributed by atoms with Gasteiger partial charge in [0.05, 0.1) is 12.8 Å². The topological polar surface area (TPSA) is 73.6 Å². The fourth-order valence-electron chi connectivity index (χ4n) is 1.67. The fraction of sp³-hybridized carbons (Fsp3) is 0.133. The van der Waals surface area contributed by atoms with Crippen LogP contribution in [0.2, 0.25) is 0 Å². The fourth-order valence-corrected chi connectivity index (χ4v) is 1.67. The average molecular weight is 272 g/mol. The standard InChI is InChI=1S/C15H16N2O3/c1-10-7-8-11(9-12(10)16)20-15(18)17-13-5-3-4-6-14(13)19-2/h3-9H,16H2,1-2H3,(H,17,18). The number of aryl methyl sites for hydroxylation is 1. The predicted molar refractivity (Wildman–Crippen MR) is 78.2 cm³/mol. The van der Waals surface area contributed by atoms with Crippen LogP contribution in [0.25, 0.3) is 0 Å². The number of carbonyl (C=O) groups is 1. The molecule has 5 nitrogen and oxygen atoms in total. The first-order valence-corrected chi connectivity index (χ1v) is 6.08. The third-order valence-corrected chi connectivity index (χ3v) is 2.80. The molecule has 2 aromatic rings. The Morgan fingerprint density at radius 3 is 2.65 bits per heavy atom. The number of carbonyl (C=O) groups excluding carboxylic acids is 1. The minimum Gasteiger partial charge on any atom is -0.495 e. The van der Waals surface area contributed by atoms with E-state index >= 15 is 0 Å². The molecule has 0 radical (unpaired) electrons. The van der Waals surface area contributed by atoms with Crippen molar-refractivity contribution in [3.63, 3.8) is 0 Å². The lowest BCUT2D eigenvalue weighted by Gasteiger charge is -2.10. The molecule has 5 heteroatoms. The van der Waals surface area contributed by atoms with Crippen LogP contribution in [-0.2, 0) is 0 Å². The molecule has 0 heterocycles. The molecule has 20 heavy (non-hydrogen) atoms. The molecular weight excluding hydrogens is 256 g/mol. The molecule has 0 fully saturated rings. The van der Waals surface area contributed by atoms with Crippen molar-refractivity contribution in [2.45, 2.75) is 6.92 Å². The maximum absolute atomic E-state index is 11.8. The van der Waals surface area contributed by atoms with E-state index in [1.807, 2.05) is 13.0 Å². The third kappa shape index (κ3) is 3.20. The molecule has 0 unspecified atom stereocenters. The number of nitrogens with two attached hydrogens (primary N) is 1. The van der Waals surface area contributed by atoms with Crippen molar-refractivity contribution in [1.82, 2.24) is 0 Å². The zero-order valence-electron chi connectivity index (χ0n) is 11.3. The minimum atomic E-state index is -0.599. The predicted octanol–water partition coefficient (Wildman–Crippen LogP) is 3.20. The monoisotopic (exact) mass is 272 g/mol. The summed E-state index contributed by atoms with van der Waals surface area (Å²) in [5.74, 6) is 0.952. The van der Waals surface area contributed by atoms with E-state index in [1.165, 1.54) is 7.11 Å². The molecule has 3 N–H and O–H groups in total. The molecule has 0 bridgehead atoms. The summed E-state index contributed by atoms with van der Waals surface area (Å²) in [5, 5.41) is 2.62. The Hall–Kier alpha value is -2.69. The van der Waals surface area contributed by atoms with Crippen molar-refractivity contribution in [3.8, 4) is 11.5 Å². The summed E-state index contributed by atoms with van der Waals surface area (Å²) in [5.41, 5.74) is 7.81. The second-order valence-corrected chi connectivity index (χ2v) is 4.23. The van der Waals surface area contributed by atoms with Gasteiger partial charge in [-0.1, -0.05) is 18.2 Å². The number of rotatable bonds is 3. The molecule has 0 aliphatic rings. The van der Waals surface area contributed by atoms with Crippen molar-refractivity contribution < 1.29 is 14.3 Å². The van der Waals surface area contributed by atoms with Crippen LogP contribution < -0.4 is 20.5 Å². The molecule has 2 aromatic carbocycles. The number of amides is 1. The van der Waals surface area contributed by atoms with E-state index in [-0.39, 0.29) is 0 Å². The second-order valence-electron chi connectivity index (χ2n) is 4.23. The normalized spacial score (nSPS) is 9.90. The number of para-hydroxylation sites is 2. The highest BCUT2D eigenvalue weighted by molar-refractivity contribution is 5.88. The minimum absolute atomic E-state index is 0.389. The summed E-state index contributed by atoms with van der Waals surface area (Å²) in [6.07, 6.45) is -0.599. The number of nitrogen functional groups attached to an aromatic ring is 1. The Morgan fingerprint density at radius 2 is 1.95 bits per heavy atom. The number of hydrogen-bond acceptors (Lipinski definition) is 4. The summed E-state index contributed by atoms with van der Waals surface area (Å²) >= 11 is 0. The number of anilines is 2. The number of methoxy groups -OCH3 is 1. The lowest BCUT2D eigenvalue weighted by Crippen LogP contribution is -2.17. The SMILES string of the molecule is COc1ccccc1NC(=O)Oc1ccc(C)c(N)c1. The molecular formula is C15H16N2O3. The van der Waals surface area contributed by atoms with Crippen LogP contribution in [0.4, 0.5) is 16.2 Å². The first kappa shape index (κ1) is 13.7. The van der Waals surface area contributed by atoms with E-state index in [9.17, 15) is 4.79 Å². The molecule has 0 saturated carbocycles. The zero-order valence-corrected chi connectivity index (χ0v) is 11.3. The zero-order chi connectivity index (χ0) is 14.5. The summed E-state index contributed by atoms with van der Waals surface area (Å²) in [7, 11) is 1.53. The molecule has 2 rings (SSSR count). The van der Waals surface area contributed by atoms with Gasteiger partial charge in [-0.3, -0.25) is 5.32 Å². The van der Waals surface area contributed by atoms with Crippen LogP contribution in [0.15, 0.2) is 42.5 Å². The summed E-state index contributed by atoms with van der Waals surface area (Å²) in [4.78, 5) is 11.8. The maximum Gasteiger partial charge on any atom is 0.417 e. The summed E-state index contributed by atoms with van der Waals surface area (Å²) in [6, 6.07) is 12.2. The van der Waals surface area contributed by atoms with Crippen molar-refractivity contribution in [1.29, 1.82) is 0 Å². The van der Waals surface area contributed by atoms with Crippen LogP contribution >= 0.6 is 0 Å². The van der Waals surface area contributed by atoms with Gasteiger partial charge in [-0.25, -0.2) is 4.79 Å². The molecule has 0 spiro atoms. The van der Waals surface area contributed by atoms with Crippen molar-refractivity contribution >= 4 is 17.5 Å². The van der Waals surface area contributed by atoms with Gasteiger partial charge in [-0.05, 0) is 30.7 Å². The molecule has 0 saturated heterocycles. The largest absolute Gasteiger partial charge is 0.495 e. The average Bonchev–Trinajstić information content (AvgIpc) is 2.43. The van der Waals surface area contributed by atoms with Crippen LogP contribution in [0, 0.1) is 6.92 Å². The van der Waals surface area contributed by atoms with Gasteiger partial charge in [-0.2, -0.15) is 0 Å². The molecule has 0 atom stereocenters. The number of benzene rings is 2. The van der Waals surface area contributed by atoms with Gasteiger partial charge in [0.2, 0.25) is 0 Å². The van der Waals surface area contributed by atoms with Gasteiger partial charge in [0.25, 0.3) is 0 Å². The highest BCUT2D eigenvalue weighted by Crippen LogP contribution is 2.24. The van der Waals surface area contributed by atoms with Gasteiger partial charge in [0.1, 0.15) is 11.5 Å². The first-order chi connectivity index (χ1) is 9.60. The van der Waals surface area contributed by atoms with Crippen molar-refractivity contribution in [3.05, 3.63) is 48.0 Å². The highest BCUT2D eigenvalue weighted by Gasteiger charge is 2.09. The Bertz CT molecular complexity index is 626. The number of hydrogen-bond donors (Lipinski definition) is 2. The van der Waals surface area contributed by atoms with Crippen LogP contribution in [0.1, 0.15) is 5.56 Å². The van der Waals surface area contributed by atoms with Crippen molar-refractivity contribution in [2.24, 2.45) is 0 Å². The summed E-state index contributed by atoms with van der Waals surface area (Å²) in [6.45, 7) is 1.88. The number of ether oxygens (including phenoxy) is 2. The Morgan fingerprint density at radius 1 is 1.20 bits per heavy atom. The van der Waals surface area contributed by atoms with Gasteiger partial charge in [0.15, 0.2) is 0 Å². The van der Waals surface area contributed by atoms with E-state index in [4.69, 9.17) is 15.2 Å². The molecule has 104 valence electrons. The molecule has 0 aliphatic heterocycles. The lowest BCUT2D eigenvalue weighted by atomic mass is 10.2. The van der Waals surface area contributed by atoms with E-state index in [1.54, 1.807) is 36.4 Å². The maximum atomic E-state index is 11.8. The third-order valence-electron chi connectivity index (χ3n) is 2.80. The lowest BCUT2D eigenvalue weighted by molar-refractivity contribution is 0.215. The van der Waals surface area contributed by atoms with Crippen LogP contribution in [0.3, 0.4) is 0 Å². The Kier molecular flexibility index (Phi) is 4.10. The van der Waals surface area contributed by atoms with E-state index in [0.29, 0.717) is 22.9 Å². The van der Waals surface area contributed by atoms with Crippen LogP contribution in [0.5, 0.6) is 11.5 Å². The van der Waals surface area contributed by atoms with Gasteiger partial charge >= 0.3 is 6.09 Å². The van der Waals surface area contributed by atoms with E-state index in [0.717, 1.165) is 5.56 Å². The number of nitrogens with one attached hydrogen (secondary N) is 1. The van der Waals surface area contributed by atoms with Crippen LogP contribution in [-0.4, -0.2) is 13.2 Å². The van der Waals surface area contributed by atoms with Gasteiger partial charge < -0.3 is 15.2 Å². The second kappa shape index (κ2) is 5.97. The van der Waals surface area contributed by atoms with E-state index in [2.05, 4.69) is 5.32 Å². The quantitative estimate of drug-likeness (QED) is 0.841. The van der Waals surface area contributed by atoms with Gasteiger partial charge in [0, 0.05) is 11.8 Å². The molecule has 1 amide bonds. The van der Waals surface area contributed by atoms with Crippen molar-refractivity contribution in [2.75, 3.05) is 18.2 Å². The summed E-state index contributed by atoms with van der Waals surface area (Å²) < 4.78 is 10.3.